The first-order valence-electron chi connectivity index (χ1n) is 8.71. The highest BCUT2D eigenvalue weighted by atomic mass is 19.4. The van der Waals surface area contributed by atoms with Gasteiger partial charge in [-0.3, -0.25) is 0 Å². The van der Waals surface area contributed by atoms with Gasteiger partial charge in [-0.1, -0.05) is 12.1 Å². The number of aryl methyl sites for hydroxylation is 2. The molecule has 0 aliphatic heterocycles. The minimum atomic E-state index is -4.39. The molecular weight excluding hydrogens is 357 g/mol. The molecule has 0 spiro atoms. The van der Waals surface area contributed by atoms with Crippen LogP contribution < -0.4 is 10.4 Å². The lowest BCUT2D eigenvalue weighted by Crippen LogP contribution is -2.08. The van der Waals surface area contributed by atoms with Gasteiger partial charge in [0, 0.05) is 16.5 Å². The summed E-state index contributed by atoms with van der Waals surface area (Å²) in [5.41, 5.74) is 2.34. The summed E-state index contributed by atoms with van der Waals surface area (Å²) in [5, 5.41) is 0.908. The molecule has 0 radical (unpaired) electrons. The summed E-state index contributed by atoms with van der Waals surface area (Å²) in [6.07, 6.45) is -1.87. The van der Waals surface area contributed by atoms with Crippen molar-refractivity contribution in [1.29, 1.82) is 0 Å². The average molecular weight is 374 g/mol. The molecule has 0 unspecified atom stereocenters. The molecule has 0 N–H and O–H groups in total. The van der Waals surface area contributed by atoms with E-state index in [-0.39, 0.29) is 12.2 Å². The van der Waals surface area contributed by atoms with Crippen LogP contribution in [0.5, 0.6) is 5.75 Å². The first-order valence-corrected chi connectivity index (χ1v) is 8.71. The first kappa shape index (κ1) is 17.6. The van der Waals surface area contributed by atoms with E-state index >= 15 is 0 Å². The Balaban J connectivity index is 1.65. The Hall–Kier alpha value is -2.76. The monoisotopic (exact) mass is 374 g/mol. The predicted octanol–water partition coefficient (Wildman–Crippen LogP) is 5.19. The third-order valence-electron chi connectivity index (χ3n) is 4.99. The zero-order chi connectivity index (χ0) is 19.2. The van der Waals surface area contributed by atoms with Gasteiger partial charge >= 0.3 is 11.8 Å². The molecule has 0 saturated heterocycles. The summed E-state index contributed by atoms with van der Waals surface area (Å²) in [6.45, 7) is 1.78. The van der Waals surface area contributed by atoms with Crippen molar-refractivity contribution >= 4 is 11.0 Å². The van der Waals surface area contributed by atoms with E-state index in [1.54, 1.807) is 19.1 Å². The summed E-state index contributed by atoms with van der Waals surface area (Å²) in [5.74, 6) is 0.487. The number of fused-ring (bicyclic) bond motifs is 3. The Kier molecular flexibility index (Phi) is 4.21. The zero-order valence-corrected chi connectivity index (χ0v) is 14.7. The number of rotatable bonds is 3. The van der Waals surface area contributed by atoms with E-state index in [0.29, 0.717) is 22.5 Å². The maximum atomic E-state index is 12.8. The van der Waals surface area contributed by atoms with Crippen LogP contribution in [0.1, 0.15) is 34.2 Å². The van der Waals surface area contributed by atoms with Gasteiger partial charge in [0.2, 0.25) is 0 Å². The van der Waals surface area contributed by atoms with Crippen LogP contribution in [0, 0.1) is 6.92 Å². The first-order chi connectivity index (χ1) is 12.8. The highest BCUT2D eigenvalue weighted by Crippen LogP contribution is 2.34. The summed E-state index contributed by atoms with van der Waals surface area (Å²) < 4.78 is 49.7. The molecule has 1 aliphatic rings. The van der Waals surface area contributed by atoms with Gasteiger partial charge in [0.1, 0.15) is 17.9 Å². The molecule has 1 aromatic heterocycles. The second-order valence-electron chi connectivity index (χ2n) is 6.75. The normalized spacial score (nSPS) is 13.8. The van der Waals surface area contributed by atoms with E-state index in [2.05, 4.69) is 0 Å². The molecule has 0 bridgehead atoms. The fraction of sp³-hybridized carbons (Fsp3) is 0.286. The molecule has 3 aromatic rings. The number of hydrogen-bond acceptors (Lipinski definition) is 3. The zero-order valence-electron chi connectivity index (χ0n) is 14.7. The molecule has 0 saturated carbocycles. The van der Waals surface area contributed by atoms with Gasteiger partial charge in [0.25, 0.3) is 0 Å². The van der Waals surface area contributed by atoms with Crippen molar-refractivity contribution in [3.8, 4) is 5.75 Å². The number of halogens is 3. The van der Waals surface area contributed by atoms with E-state index in [1.165, 1.54) is 6.07 Å². The van der Waals surface area contributed by atoms with Gasteiger partial charge in [-0.15, -0.1) is 0 Å². The molecular formula is C21H17F3O3. The van der Waals surface area contributed by atoms with Gasteiger partial charge in [-0.05, 0) is 61.6 Å². The molecule has 4 rings (SSSR count). The second-order valence-corrected chi connectivity index (χ2v) is 6.75. The Bertz CT molecular complexity index is 1080. The third kappa shape index (κ3) is 3.20. The Morgan fingerprint density at radius 1 is 1.11 bits per heavy atom. The SMILES string of the molecule is Cc1c(OCc2cccc(C(F)(F)F)c2)ccc2c3c(c(=O)oc12)CCC3. The van der Waals surface area contributed by atoms with Gasteiger partial charge in [0.05, 0.1) is 5.56 Å². The van der Waals surface area contributed by atoms with E-state index < -0.39 is 11.7 Å². The minimum absolute atomic E-state index is 0.00849. The largest absolute Gasteiger partial charge is 0.488 e. The van der Waals surface area contributed by atoms with Crippen LogP contribution >= 0.6 is 0 Å². The Morgan fingerprint density at radius 2 is 1.89 bits per heavy atom. The molecule has 6 heteroatoms. The maximum absolute atomic E-state index is 12.8. The van der Waals surface area contributed by atoms with Crippen molar-refractivity contribution in [2.75, 3.05) is 0 Å². The van der Waals surface area contributed by atoms with E-state index in [9.17, 15) is 18.0 Å². The maximum Gasteiger partial charge on any atom is 0.416 e. The van der Waals surface area contributed by atoms with Crippen LogP contribution in [0.2, 0.25) is 0 Å². The standard InChI is InChI=1S/C21H17F3O3/c1-12-18(26-11-13-4-2-5-14(10-13)21(22,23)24)9-8-16-15-6-3-7-17(15)20(25)27-19(12)16/h2,4-5,8-10H,3,6-7,11H2,1H3. The van der Waals surface area contributed by atoms with Crippen LogP contribution in [0.15, 0.2) is 45.6 Å². The topological polar surface area (TPSA) is 39.4 Å². The van der Waals surface area contributed by atoms with E-state index in [0.717, 1.165) is 47.9 Å². The van der Waals surface area contributed by atoms with Crippen LogP contribution in [-0.4, -0.2) is 0 Å². The Labute approximate surface area is 153 Å². The second kappa shape index (κ2) is 6.44. The average Bonchev–Trinajstić information content (AvgIpc) is 3.12. The fourth-order valence-electron chi connectivity index (χ4n) is 3.62. The molecule has 140 valence electrons. The number of alkyl halides is 3. The molecule has 0 fully saturated rings. The van der Waals surface area contributed by atoms with Crippen molar-refractivity contribution in [2.45, 2.75) is 39.0 Å². The smallest absolute Gasteiger partial charge is 0.416 e. The lowest BCUT2D eigenvalue weighted by molar-refractivity contribution is -0.137. The summed E-state index contributed by atoms with van der Waals surface area (Å²) in [7, 11) is 0. The van der Waals surface area contributed by atoms with Crippen molar-refractivity contribution < 1.29 is 22.3 Å². The molecule has 3 nitrogen and oxygen atoms in total. The lowest BCUT2D eigenvalue weighted by Gasteiger charge is -2.13. The van der Waals surface area contributed by atoms with E-state index in [1.807, 2.05) is 6.07 Å². The summed E-state index contributed by atoms with van der Waals surface area (Å²) >= 11 is 0. The van der Waals surface area contributed by atoms with Crippen molar-refractivity contribution in [2.24, 2.45) is 0 Å². The van der Waals surface area contributed by atoms with Gasteiger partial charge in [-0.25, -0.2) is 4.79 Å². The van der Waals surface area contributed by atoms with Crippen LogP contribution in [0.3, 0.4) is 0 Å². The highest BCUT2D eigenvalue weighted by molar-refractivity contribution is 5.86. The third-order valence-corrected chi connectivity index (χ3v) is 4.99. The molecule has 2 aromatic carbocycles. The number of ether oxygens (including phenoxy) is 1. The Morgan fingerprint density at radius 3 is 2.67 bits per heavy atom. The minimum Gasteiger partial charge on any atom is -0.488 e. The van der Waals surface area contributed by atoms with Crippen molar-refractivity contribution in [3.63, 3.8) is 0 Å². The molecule has 1 heterocycles. The van der Waals surface area contributed by atoms with Gasteiger partial charge < -0.3 is 9.15 Å². The van der Waals surface area contributed by atoms with Crippen molar-refractivity contribution in [3.05, 3.63) is 74.6 Å². The van der Waals surface area contributed by atoms with Gasteiger partial charge in [0.15, 0.2) is 0 Å². The molecule has 1 aliphatic carbocycles. The number of benzene rings is 2. The summed E-state index contributed by atoms with van der Waals surface area (Å²) in [4.78, 5) is 12.2. The quantitative estimate of drug-likeness (QED) is 0.593. The van der Waals surface area contributed by atoms with Crippen LogP contribution in [0.25, 0.3) is 11.0 Å². The highest BCUT2D eigenvalue weighted by Gasteiger charge is 2.30. The molecule has 27 heavy (non-hydrogen) atoms. The summed E-state index contributed by atoms with van der Waals surface area (Å²) in [6, 6.07) is 8.68. The number of hydrogen-bond donors (Lipinski definition) is 0. The van der Waals surface area contributed by atoms with Crippen LogP contribution in [0.4, 0.5) is 13.2 Å². The van der Waals surface area contributed by atoms with E-state index in [4.69, 9.17) is 9.15 Å². The van der Waals surface area contributed by atoms with Gasteiger partial charge in [-0.2, -0.15) is 13.2 Å². The van der Waals surface area contributed by atoms with Crippen molar-refractivity contribution in [1.82, 2.24) is 0 Å². The van der Waals surface area contributed by atoms with Crippen LogP contribution in [-0.2, 0) is 25.6 Å². The predicted molar refractivity (Wildman–Crippen MR) is 95.0 cm³/mol. The fourth-order valence-corrected chi connectivity index (χ4v) is 3.62. The molecule has 0 amide bonds. The lowest BCUT2D eigenvalue weighted by atomic mass is 10.0. The molecule has 0 atom stereocenters.